The second kappa shape index (κ2) is 4.53. The van der Waals surface area contributed by atoms with Crippen molar-refractivity contribution < 1.29 is 0 Å². The van der Waals surface area contributed by atoms with Gasteiger partial charge in [-0.25, -0.2) is 4.98 Å². The third-order valence-electron chi connectivity index (χ3n) is 2.82. The number of aromatic amines is 1. The van der Waals surface area contributed by atoms with Crippen LogP contribution in [0.15, 0.2) is 30.5 Å². The Balaban J connectivity index is 2.29. The number of rotatable bonds is 2. The average Bonchev–Trinajstić information content (AvgIpc) is 2.76. The standard InChI is InChI=1S/C14H17ClN2/c1-14(2,3)11-6-4-10(5-7-11)12-9-16-13(8-15)17-12/h4-7,9H,8H2,1-3H3,(H,16,17). The molecule has 0 spiro atoms. The minimum atomic E-state index is 0.188. The van der Waals surface area contributed by atoms with Crippen LogP contribution in [-0.2, 0) is 11.3 Å². The van der Waals surface area contributed by atoms with Gasteiger partial charge in [0, 0.05) is 0 Å². The molecule has 0 unspecified atom stereocenters. The molecule has 0 aliphatic heterocycles. The zero-order valence-corrected chi connectivity index (χ0v) is 11.2. The Labute approximate surface area is 107 Å². The van der Waals surface area contributed by atoms with Crippen LogP contribution in [0.25, 0.3) is 11.3 Å². The highest BCUT2D eigenvalue weighted by Gasteiger charge is 2.13. The molecule has 17 heavy (non-hydrogen) atoms. The summed E-state index contributed by atoms with van der Waals surface area (Å²) >= 11 is 5.72. The van der Waals surface area contributed by atoms with Gasteiger partial charge < -0.3 is 4.98 Å². The first-order valence-corrected chi connectivity index (χ1v) is 6.25. The number of nitrogens with one attached hydrogen (secondary N) is 1. The molecule has 0 radical (unpaired) electrons. The molecule has 0 bridgehead atoms. The van der Waals surface area contributed by atoms with Crippen molar-refractivity contribution in [1.29, 1.82) is 0 Å². The Bertz CT molecular complexity index is 492. The maximum atomic E-state index is 5.72. The predicted octanol–water partition coefficient (Wildman–Crippen LogP) is 4.11. The van der Waals surface area contributed by atoms with Crippen LogP contribution in [0.5, 0.6) is 0 Å². The molecule has 0 saturated heterocycles. The number of halogens is 1. The lowest BCUT2D eigenvalue weighted by molar-refractivity contribution is 0.590. The summed E-state index contributed by atoms with van der Waals surface area (Å²) in [6, 6.07) is 8.56. The summed E-state index contributed by atoms with van der Waals surface area (Å²) in [6.07, 6.45) is 1.82. The van der Waals surface area contributed by atoms with Crippen molar-refractivity contribution in [3.8, 4) is 11.3 Å². The zero-order valence-electron chi connectivity index (χ0n) is 10.4. The molecule has 0 aliphatic carbocycles. The molecule has 0 fully saturated rings. The van der Waals surface area contributed by atoms with E-state index in [4.69, 9.17) is 11.6 Å². The van der Waals surface area contributed by atoms with E-state index in [-0.39, 0.29) is 5.41 Å². The van der Waals surface area contributed by atoms with E-state index in [2.05, 4.69) is 55.0 Å². The fourth-order valence-corrected chi connectivity index (χ4v) is 1.86. The minimum absolute atomic E-state index is 0.188. The highest BCUT2D eigenvalue weighted by Crippen LogP contribution is 2.25. The van der Waals surface area contributed by atoms with E-state index >= 15 is 0 Å². The third kappa shape index (κ3) is 2.70. The summed E-state index contributed by atoms with van der Waals surface area (Å²) in [5, 5.41) is 0. The summed E-state index contributed by atoms with van der Waals surface area (Å²) in [6.45, 7) is 6.64. The van der Waals surface area contributed by atoms with Gasteiger partial charge in [0.1, 0.15) is 5.82 Å². The number of alkyl halides is 1. The molecule has 3 heteroatoms. The van der Waals surface area contributed by atoms with Crippen LogP contribution < -0.4 is 0 Å². The monoisotopic (exact) mass is 248 g/mol. The Morgan fingerprint density at radius 3 is 2.29 bits per heavy atom. The predicted molar refractivity (Wildman–Crippen MR) is 72.3 cm³/mol. The molecule has 1 N–H and O–H groups in total. The van der Waals surface area contributed by atoms with E-state index in [0.717, 1.165) is 17.1 Å². The van der Waals surface area contributed by atoms with E-state index in [0.29, 0.717) is 5.88 Å². The van der Waals surface area contributed by atoms with Crippen LogP contribution in [0.4, 0.5) is 0 Å². The topological polar surface area (TPSA) is 28.7 Å². The van der Waals surface area contributed by atoms with Crippen LogP contribution in [0, 0.1) is 0 Å². The summed E-state index contributed by atoms with van der Waals surface area (Å²) in [7, 11) is 0. The molecule has 0 amide bonds. The van der Waals surface area contributed by atoms with Gasteiger partial charge in [0.05, 0.1) is 17.8 Å². The highest BCUT2D eigenvalue weighted by atomic mass is 35.5. The molecule has 2 aromatic rings. The van der Waals surface area contributed by atoms with Gasteiger partial charge in [-0.15, -0.1) is 11.6 Å². The number of nitrogens with zero attached hydrogens (tertiary/aromatic N) is 1. The molecule has 1 aromatic heterocycles. The van der Waals surface area contributed by atoms with Crippen molar-refractivity contribution in [2.75, 3.05) is 0 Å². The number of imidazole rings is 1. The van der Waals surface area contributed by atoms with Crippen LogP contribution >= 0.6 is 11.6 Å². The Morgan fingerprint density at radius 1 is 1.18 bits per heavy atom. The van der Waals surface area contributed by atoms with Gasteiger partial charge in [-0.05, 0) is 16.5 Å². The summed E-state index contributed by atoms with van der Waals surface area (Å²) in [5.41, 5.74) is 3.68. The lowest BCUT2D eigenvalue weighted by Crippen LogP contribution is -2.10. The summed E-state index contributed by atoms with van der Waals surface area (Å²) in [5.74, 6) is 1.22. The van der Waals surface area contributed by atoms with Crippen molar-refractivity contribution in [1.82, 2.24) is 9.97 Å². The molecule has 1 heterocycles. The quantitative estimate of drug-likeness (QED) is 0.796. The Kier molecular flexibility index (Phi) is 3.25. The van der Waals surface area contributed by atoms with Crippen LogP contribution in [0.1, 0.15) is 32.2 Å². The molecule has 0 saturated carbocycles. The van der Waals surface area contributed by atoms with Gasteiger partial charge in [0.2, 0.25) is 0 Å². The zero-order chi connectivity index (χ0) is 12.5. The number of aromatic nitrogens is 2. The fraction of sp³-hybridized carbons (Fsp3) is 0.357. The molecule has 1 aromatic carbocycles. The van der Waals surface area contributed by atoms with Crippen LogP contribution in [0.2, 0.25) is 0 Å². The lowest BCUT2D eigenvalue weighted by atomic mass is 9.86. The van der Waals surface area contributed by atoms with Gasteiger partial charge in [-0.2, -0.15) is 0 Å². The first-order chi connectivity index (χ1) is 8.00. The van der Waals surface area contributed by atoms with Crippen molar-refractivity contribution in [2.45, 2.75) is 32.1 Å². The Hall–Kier alpha value is -1.28. The van der Waals surface area contributed by atoms with Gasteiger partial charge in [0.25, 0.3) is 0 Å². The number of hydrogen-bond donors (Lipinski definition) is 1. The van der Waals surface area contributed by atoms with Crippen molar-refractivity contribution >= 4 is 11.6 Å². The molecule has 90 valence electrons. The molecular weight excluding hydrogens is 232 g/mol. The van der Waals surface area contributed by atoms with E-state index in [1.165, 1.54) is 5.56 Å². The van der Waals surface area contributed by atoms with E-state index in [1.807, 2.05) is 6.20 Å². The fourth-order valence-electron chi connectivity index (χ4n) is 1.73. The van der Waals surface area contributed by atoms with Crippen LogP contribution in [-0.4, -0.2) is 9.97 Å². The van der Waals surface area contributed by atoms with E-state index in [1.54, 1.807) is 0 Å². The Morgan fingerprint density at radius 2 is 1.82 bits per heavy atom. The second-order valence-corrected chi connectivity index (χ2v) is 5.47. The summed E-state index contributed by atoms with van der Waals surface area (Å²) in [4.78, 5) is 7.39. The van der Waals surface area contributed by atoms with Crippen molar-refractivity contribution in [3.63, 3.8) is 0 Å². The van der Waals surface area contributed by atoms with Gasteiger partial charge in [-0.1, -0.05) is 45.0 Å². The average molecular weight is 249 g/mol. The minimum Gasteiger partial charge on any atom is -0.341 e. The van der Waals surface area contributed by atoms with Crippen molar-refractivity contribution in [3.05, 3.63) is 41.9 Å². The maximum absolute atomic E-state index is 5.72. The first kappa shape index (κ1) is 12.2. The second-order valence-electron chi connectivity index (χ2n) is 5.20. The maximum Gasteiger partial charge on any atom is 0.121 e. The van der Waals surface area contributed by atoms with Gasteiger partial charge in [0.15, 0.2) is 0 Å². The SMILES string of the molecule is CC(C)(C)c1ccc(-c2cnc(CCl)[nH]2)cc1. The number of benzene rings is 1. The largest absolute Gasteiger partial charge is 0.341 e. The van der Waals surface area contributed by atoms with Gasteiger partial charge in [-0.3, -0.25) is 0 Å². The van der Waals surface area contributed by atoms with E-state index in [9.17, 15) is 0 Å². The molecule has 0 atom stereocenters. The highest BCUT2D eigenvalue weighted by molar-refractivity contribution is 6.16. The number of hydrogen-bond acceptors (Lipinski definition) is 1. The van der Waals surface area contributed by atoms with Crippen LogP contribution in [0.3, 0.4) is 0 Å². The van der Waals surface area contributed by atoms with E-state index < -0.39 is 0 Å². The normalized spacial score (nSPS) is 11.8. The molecule has 2 rings (SSSR count). The smallest absolute Gasteiger partial charge is 0.121 e. The summed E-state index contributed by atoms with van der Waals surface area (Å²) < 4.78 is 0. The molecular formula is C14H17ClN2. The molecule has 0 aliphatic rings. The van der Waals surface area contributed by atoms with Gasteiger partial charge >= 0.3 is 0 Å². The lowest BCUT2D eigenvalue weighted by Gasteiger charge is -2.18. The first-order valence-electron chi connectivity index (χ1n) is 5.71. The third-order valence-corrected chi connectivity index (χ3v) is 3.07. The number of H-pyrrole nitrogens is 1. The molecule has 2 nitrogen and oxygen atoms in total. The van der Waals surface area contributed by atoms with Crippen molar-refractivity contribution in [2.24, 2.45) is 0 Å².